The van der Waals surface area contributed by atoms with Crippen LogP contribution in [-0.4, -0.2) is 43.0 Å². The van der Waals surface area contributed by atoms with Crippen molar-refractivity contribution in [3.05, 3.63) is 65.8 Å². The third-order valence-electron chi connectivity index (χ3n) is 6.35. The molecular formula is C28H42N4O2. The summed E-state index contributed by atoms with van der Waals surface area (Å²) in [5.41, 5.74) is 5.47. The normalized spacial score (nSPS) is 20.6. The quantitative estimate of drug-likeness (QED) is 0.432. The second-order valence-electron chi connectivity index (χ2n) is 9.14. The minimum atomic E-state index is -0.0288. The van der Waals surface area contributed by atoms with E-state index in [1.54, 1.807) is 12.2 Å². The lowest BCUT2D eigenvalue weighted by Gasteiger charge is -2.20. The van der Waals surface area contributed by atoms with Gasteiger partial charge in [-0.3, -0.25) is 9.59 Å². The highest BCUT2D eigenvalue weighted by atomic mass is 16.2. The van der Waals surface area contributed by atoms with E-state index in [0.717, 1.165) is 67.6 Å². The lowest BCUT2D eigenvalue weighted by atomic mass is 10.0. The molecule has 6 nitrogen and oxygen atoms in total. The topological polar surface area (TPSA) is 82.3 Å². The maximum absolute atomic E-state index is 12.0. The molecule has 0 saturated carbocycles. The molecule has 0 aromatic heterocycles. The number of nitrogens with one attached hydrogen (secondary N) is 4. The molecule has 6 heteroatoms. The van der Waals surface area contributed by atoms with Gasteiger partial charge in [-0.2, -0.15) is 0 Å². The Labute approximate surface area is 205 Å². The second-order valence-corrected chi connectivity index (χ2v) is 9.14. The fraction of sp³-hybridized carbons (Fsp3) is 0.500. The first-order chi connectivity index (χ1) is 16.3. The molecule has 2 heterocycles. The summed E-state index contributed by atoms with van der Waals surface area (Å²) in [4.78, 5) is 24.0. The fourth-order valence-electron chi connectivity index (χ4n) is 4.56. The van der Waals surface area contributed by atoms with E-state index in [1.807, 2.05) is 26.8 Å². The maximum Gasteiger partial charge on any atom is 0.241 e. The molecule has 4 N–H and O–H groups in total. The molecule has 2 fully saturated rings. The third-order valence-corrected chi connectivity index (χ3v) is 6.35. The van der Waals surface area contributed by atoms with Crippen molar-refractivity contribution in [2.75, 3.05) is 18.4 Å². The Kier molecular flexibility index (Phi) is 11.2. The number of amides is 2. The SMILES string of the molecule is C=C/C=C(\C=C)[C@@H](CC)NC(=O)[C@@H]1CCCN1.Cc1cc(C)c(NC(=O)C2CCCN2)c(C)c1. The number of hydrogen-bond acceptors (Lipinski definition) is 4. The number of benzene rings is 1. The van der Waals surface area contributed by atoms with Gasteiger partial charge in [-0.05, 0) is 82.7 Å². The molecular weight excluding hydrogens is 424 g/mol. The fourth-order valence-corrected chi connectivity index (χ4v) is 4.56. The molecule has 1 aromatic rings. The van der Waals surface area contributed by atoms with Crippen LogP contribution in [0.4, 0.5) is 5.69 Å². The van der Waals surface area contributed by atoms with Crippen molar-refractivity contribution in [3.8, 4) is 0 Å². The Hall–Kier alpha value is -2.70. The number of hydrogen-bond donors (Lipinski definition) is 4. The Balaban J connectivity index is 0.000000240. The van der Waals surface area contributed by atoms with Crippen LogP contribution in [0.15, 0.2) is 49.1 Å². The molecule has 2 amide bonds. The van der Waals surface area contributed by atoms with Crippen LogP contribution >= 0.6 is 0 Å². The van der Waals surface area contributed by atoms with Gasteiger partial charge in [0.05, 0.1) is 18.1 Å². The maximum atomic E-state index is 12.0. The summed E-state index contributed by atoms with van der Waals surface area (Å²) in [6.45, 7) is 17.5. The summed E-state index contributed by atoms with van der Waals surface area (Å²) in [7, 11) is 0. The Morgan fingerprint density at radius 2 is 1.59 bits per heavy atom. The number of carbonyl (C=O) groups is 2. The van der Waals surface area contributed by atoms with Crippen molar-refractivity contribution in [3.63, 3.8) is 0 Å². The van der Waals surface area contributed by atoms with Crippen molar-refractivity contribution in [2.24, 2.45) is 0 Å². The molecule has 0 aliphatic carbocycles. The number of carbonyl (C=O) groups excluding carboxylic acids is 2. The number of anilines is 1. The van der Waals surface area contributed by atoms with Crippen LogP contribution < -0.4 is 21.3 Å². The van der Waals surface area contributed by atoms with Gasteiger partial charge in [-0.15, -0.1) is 0 Å². The smallest absolute Gasteiger partial charge is 0.241 e. The van der Waals surface area contributed by atoms with E-state index in [9.17, 15) is 9.59 Å². The molecule has 0 radical (unpaired) electrons. The molecule has 3 rings (SSSR count). The predicted octanol–water partition coefficient (Wildman–Crippen LogP) is 4.23. The van der Waals surface area contributed by atoms with E-state index < -0.39 is 0 Å². The van der Waals surface area contributed by atoms with Gasteiger partial charge in [-0.1, -0.05) is 56.0 Å². The lowest BCUT2D eigenvalue weighted by Crippen LogP contribution is -2.45. The molecule has 186 valence electrons. The summed E-state index contributed by atoms with van der Waals surface area (Å²) < 4.78 is 0. The summed E-state index contributed by atoms with van der Waals surface area (Å²) in [5.74, 6) is 0.184. The zero-order valence-electron chi connectivity index (χ0n) is 21.3. The largest absolute Gasteiger partial charge is 0.348 e. The second kappa shape index (κ2) is 13.9. The summed E-state index contributed by atoms with van der Waals surface area (Å²) in [5, 5.41) is 12.5. The molecule has 2 saturated heterocycles. The number of allylic oxidation sites excluding steroid dienone is 2. The van der Waals surface area contributed by atoms with E-state index in [1.165, 1.54) is 5.56 Å². The highest BCUT2D eigenvalue weighted by Crippen LogP contribution is 2.22. The lowest BCUT2D eigenvalue weighted by molar-refractivity contribution is -0.123. The first-order valence-corrected chi connectivity index (χ1v) is 12.4. The van der Waals surface area contributed by atoms with Crippen LogP contribution in [0.1, 0.15) is 55.7 Å². The van der Waals surface area contributed by atoms with Crippen LogP contribution in [-0.2, 0) is 9.59 Å². The summed E-state index contributed by atoms with van der Waals surface area (Å²) >= 11 is 0. The van der Waals surface area contributed by atoms with Crippen LogP contribution in [0.5, 0.6) is 0 Å². The number of aryl methyl sites for hydroxylation is 3. The van der Waals surface area contributed by atoms with Gasteiger partial charge in [0.15, 0.2) is 0 Å². The molecule has 3 atom stereocenters. The van der Waals surface area contributed by atoms with Gasteiger partial charge >= 0.3 is 0 Å². The zero-order chi connectivity index (χ0) is 25.1. The van der Waals surface area contributed by atoms with Crippen LogP contribution in [0.3, 0.4) is 0 Å². The zero-order valence-corrected chi connectivity index (χ0v) is 21.3. The highest BCUT2D eigenvalue weighted by Gasteiger charge is 2.24. The average Bonchev–Trinajstić information content (AvgIpc) is 3.53. The predicted molar refractivity (Wildman–Crippen MR) is 142 cm³/mol. The molecule has 0 spiro atoms. The van der Waals surface area contributed by atoms with E-state index >= 15 is 0 Å². The molecule has 2 aliphatic heterocycles. The minimum Gasteiger partial charge on any atom is -0.348 e. The van der Waals surface area contributed by atoms with Gasteiger partial charge in [0.25, 0.3) is 0 Å². The average molecular weight is 467 g/mol. The molecule has 1 unspecified atom stereocenters. The van der Waals surface area contributed by atoms with Crippen molar-refractivity contribution >= 4 is 17.5 Å². The Morgan fingerprint density at radius 1 is 1.03 bits per heavy atom. The molecule has 2 aliphatic rings. The standard InChI is InChI=1S/C14H20N2O.C14H22N2O/c1-9-7-10(2)13(11(3)8-9)16-14(17)12-5-4-6-15-12;1-4-8-11(5-2)12(6-3)16-14(17)13-9-7-10-15-13/h7-8,12,15H,4-6H2,1-3H3,(H,16,17);4-5,8,12-13,15H,1-2,6-7,9-10H2,3H3,(H,16,17)/b;11-8+/t;12-,13+/m.1/s1. The van der Waals surface area contributed by atoms with Crippen molar-refractivity contribution in [1.29, 1.82) is 0 Å². The first kappa shape index (κ1) is 27.5. The Morgan fingerprint density at radius 3 is 2.03 bits per heavy atom. The van der Waals surface area contributed by atoms with Gasteiger partial charge < -0.3 is 21.3 Å². The van der Waals surface area contributed by atoms with Gasteiger partial charge in [-0.25, -0.2) is 0 Å². The van der Waals surface area contributed by atoms with E-state index in [4.69, 9.17) is 0 Å². The molecule has 1 aromatic carbocycles. The van der Waals surface area contributed by atoms with Crippen LogP contribution in [0.25, 0.3) is 0 Å². The first-order valence-electron chi connectivity index (χ1n) is 12.4. The monoisotopic (exact) mass is 466 g/mol. The Bertz CT molecular complexity index is 871. The van der Waals surface area contributed by atoms with Gasteiger partial charge in [0.2, 0.25) is 11.8 Å². The van der Waals surface area contributed by atoms with Crippen molar-refractivity contribution < 1.29 is 9.59 Å². The van der Waals surface area contributed by atoms with E-state index in [0.29, 0.717) is 0 Å². The highest BCUT2D eigenvalue weighted by molar-refractivity contribution is 5.96. The summed E-state index contributed by atoms with van der Waals surface area (Å²) in [6, 6.07) is 4.18. The third kappa shape index (κ3) is 7.96. The summed E-state index contributed by atoms with van der Waals surface area (Å²) in [6.07, 6.45) is 10.3. The van der Waals surface area contributed by atoms with Crippen molar-refractivity contribution in [1.82, 2.24) is 16.0 Å². The van der Waals surface area contributed by atoms with Gasteiger partial charge in [0, 0.05) is 5.69 Å². The van der Waals surface area contributed by atoms with E-state index in [2.05, 4.69) is 53.5 Å². The van der Waals surface area contributed by atoms with Crippen LogP contribution in [0, 0.1) is 20.8 Å². The minimum absolute atomic E-state index is 0.0184. The van der Waals surface area contributed by atoms with Crippen molar-refractivity contribution in [2.45, 2.75) is 77.9 Å². The molecule has 0 bridgehead atoms. The molecule has 34 heavy (non-hydrogen) atoms. The van der Waals surface area contributed by atoms with Gasteiger partial charge in [0.1, 0.15) is 0 Å². The number of rotatable bonds is 8. The van der Waals surface area contributed by atoms with E-state index in [-0.39, 0.29) is 29.9 Å². The van der Waals surface area contributed by atoms with Crippen LogP contribution in [0.2, 0.25) is 0 Å².